The van der Waals surface area contributed by atoms with E-state index in [0.29, 0.717) is 10.7 Å². The average molecular weight is 336 g/mol. The molecule has 7 heteroatoms. The molecular formula is C16H24N4O2S. The number of morpholine rings is 1. The standard InChI is InChI=1S/C16H24N4O2S/c1-23-16-17-10-13(11-18-16)15(21)20-5-3-2-4-14(20)12-19-6-8-22-9-7-19/h10-11,14H,2-9,12H2,1H3/t14-/m1/s1. The first-order valence-electron chi connectivity index (χ1n) is 8.25. The van der Waals surface area contributed by atoms with Gasteiger partial charge in [-0.1, -0.05) is 11.8 Å². The zero-order valence-corrected chi connectivity index (χ0v) is 14.4. The lowest BCUT2D eigenvalue weighted by atomic mass is 10.0. The smallest absolute Gasteiger partial charge is 0.257 e. The van der Waals surface area contributed by atoms with Gasteiger partial charge in [0, 0.05) is 44.6 Å². The van der Waals surface area contributed by atoms with Crippen LogP contribution in [0.4, 0.5) is 0 Å². The molecule has 0 bridgehead atoms. The molecule has 23 heavy (non-hydrogen) atoms. The summed E-state index contributed by atoms with van der Waals surface area (Å²) < 4.78 is 5.41. The van der Waals surface area contributed by atoms with Crippen LogP contribution in [0, 0.1) is 0 Å². The van der Waals surface area contributed by atoms with E-state index in [1.54, 1.807) is 12.4 Å². The molecule has 2 aliphatic heterocycles. The Balaban J connectivity index is 1.67. The van der Waals surface area contributed by atoms with E-state index in [1.165, 1.54) is 18.2 Å². The maximum atomic E-state index is 12.8. The first-order chi connectivity index (χ1) is 11.3. The molecule has 1 atom stereocenters. The van der Waals surface area contributed by atoms with Crippen molar-refractivity contribution in [2.24, 2.45) is 0 Å². The second kappa shape index (κ2) is 8.08. The molecule has 0 aromatic carbocycles. The minimum absolute atomic E-state index is 0.0654. The first-order valence-corrected chi connectivity index (χ1v) is 9.47. The molecule has 1 amide bonds. The summed E-state index contributed by atoms with van der Waals surface area (Å²) in [6.07, 6.45) is 8.59. The number of likely N-dealkylation sites (tertiary alicyclic amines) is 1. The van der Waals surface area contributed by atoms with E-state index in [4.69, 9.17) is 4.74 Å². The largest absolute Gasteiger partial charge is 0.379 e. The summed E-state index contributed by atoms with van der Waals surface area (Å²) in [5.74, 6) is 0.0654. The molecule has 126 valence electrons. The summed E-state index contributed by atoms with van der Waals surface area (Å²) in [6.45, 7) is 5.29. The van der Waals surface area contributed by atoms with Crippen molar-refractivity contribution in [3.8, 4) is 0 Å². The minimum Gasteiger partial charge on any atom is -0.379 e. The number of rotatable bonds is 4. The fourth-order valence-electron chi connectivity index (χ4n) is 3.24. The molecule has 6 nitrogen and oxygen atoms in total. The van der Waals surface area contributed by atoms with Crippen molar-refractivity contribution in [3.05, 3.63) is 18.0 Å². The third kappa shape index (κ3) is 4.22. The lowest BCUT2D eigenvalue weighted by molar-refractivity contribution is 0.0166. The molecule has 0 N–H and O–H groups in total. The highest BCUT2D eigenvalue weighted by molar-refractivity contribution is 7.98. The van der Waals surface area contributed by atoms with E-state index in [9.17, 15) is 4.79 Å². The quantitative estimate of drug-likeness (QED) is 0.614. The van der Waals surface area contributed by atoms with Crippen LogP contribution >= 0.6 is 11.8 Å². The zero-order valence-electron chi connectivity index (χ0n) is 13.6. The predicted octanol–water partition coefficient (Wildman–Crippen LogP) is 1.53. The maximum Gasteiger partial charge on any atom is 0.257 e. The van der Waals surface area contributed by atoms with Gasteiger partial charge in [-0.15, -0.1) is 0 Å². The molecule has 3 rings (SSSR count). The number of hydrogen-bond acceptors (Lipinski definition) is 6. The number of aromatic nitrogens is 2. The summed E-state index contributed by atoms with van der Waals surface area (Å²) in [7, 11) is 0. The Bertz CT molecular complexity index is 519. The molecular weight excluding hydrogens is 312 g/mol. The molecule has 2 saturated heterocycles. The minimum atomic E-state index is 0.0654. The fraction of sp³-hybridized carbons (Fsp3) is 0.688. The number of hydrogen-bond donors (Lipinski definition) is 0. The fourth-order valence-corrected chi connectivity index (χ4v) is 3.55. The highest BCUT2D eigenvalue weighted by atomic mass is 32.2. The van der Waals surface area contributed by atoms with Gasteiger partial charge in [0.05, 0.1) is 18.8 Å². The van der Waals surface area contributed by atoms with Crippen LogP contribution in [0.5, 0.6) is 0 Å². The molecule has 2 fully saturated rings. The van der Waals surface area contributed by atoms with Crippen molar-refractivity contribution < 1.29 is 9.53 Å². The number of amides is 1. The summed E-state index contributed by atoms with van der Waals surface area (Å²) in [4.78, 5) is 25.7. The topological polar surface area (TPSA) is 58.6 Å². The van der Waals surface area contributed by atoms with Gasteiger partial charge >= 0.3 is 0 Å². The third-order valence-corrected chi connectivity index (χ3v) is 5.09. The number of nitrogens with zero attached hydrogens (tertiary/aromatic N) is 4. The zero-order chi connectivity index (χ0) is 16.1. The monoisotopic (exact) mass is 336 g/mol. The summed E-state index contributed by atoms with van der Waals surface area (Å²) in [6, 6.07) is 0.287. The summed E-state index contributed by atoms with van der Waals surface area (Å²) in [5, 5.41) is 0.699. The van der Waals surface area contributed by atoms with E-state index in [-0.39, 0.29) is 11.9 Å². The predicted molar refractivity (Wildman–Crippen MR) is 89.7 cm³/mol. The van der Waals surface area contributed by atoms with Crippen molar-refractivity contribution in [1.82, 2.24) is 19.8 Å². The molecule has 0 aliphatic carbocycles. The van der Waals surface area contributed by atoms with Crippen LogP contribution in [0.25, 0.3) is 0 Å². The molecule has 0 unspecified atom stereocenters. The van der Waals surface area contributed by atoms with Gasteiger partial charge < -0.3 is 9.64 Å². The third-order valence-electron chi connectivity index (χ3n) is 4.52. The maximum absolute atomic E-state index is 12.8. The number of piperidine rings is 1. The van der Waals surface area contributed by atoms with Crippen LogP contribution in [0.15, 0.2) is 17.6 Å². The van der Waals surface area contributed by atoms with E-state index in [2.05, 4.69) is 14.9 Å². The number of carbonyl (C=O) groups is 1. The van der Waals surface area contributed by atoms with Gasteiger partial charge in [-0.2, -0.15) is 0 Å². The highest BCUT2D eigenvalue weighted by Gasteiger charge is 2.29. The Morgan fingerprint density at radius 1 is 1.26 bits per heavy atom. The summed E-state index contributed by atoms with van der Waals surface area (Å²) in [5.41, 5.74) is 0.594. The highest BCUT2D eigenvalue weighted by Crippen LogP contribution is 2.21. The van der Waals surface area contributed by atoms with Gasteiger partial charge in [0.1, 0.15) is 0 Å². The van der Waals surface area contributed by atoms with Crippen molar-refractivity contribution in [2.45, 2.75) is 30.5 Å². The number of ether oxygens (including phenoxy) is 1. The van der Waals surface area contributed by atoms with Crippen molar-refractivity contribution >= 4 is 17.7 Å². The number of carbonyl (C=O) groups excluding carboxylic acids is 1. The van der Waals surface area contributed by atoms with Gasteiger partial charge in [0.25, 0.3) is 5.91 Å². The molecule has 0 spiro atoms. The lowest BCUT2D eigenvalue weighted by Gasteiger charge is -2.39. The molecule has 1 aromatic heterocycles. The van der Waals surface area contributed by atoms with Gasteiger partial charge in [-0.3, -0.25) is 9.69 Å². The van der Waals surface area contributed by atoms with E-state index < -0.39 is 0 Å². The van der Waals surface area contributed by atoms with E-state index >= 15 is 0 Å². The second-order valence-electron chi connectivity index (χ2n) is 6.02. The first kappa shape index (κ1) is 16.7. The van der Waals surface area contributed by atoms with Crippen molar-refractivity contribution in [1.29, 1.82) is 0 Å². The van der Waals surface area contributed by atoms with Gasteiger partial charge in [-0.05, 0) is 25.5 Å². The van der Waals surface area contributed by atoms with Crippen LogP contribution in [0.2, 0.25) is 0 Å². The van der Waals surface area contributed by atoms with Gasteiger partial charge in [0.2, 0.25) is 0 Å². The summed E-state index contributed by atoms with van der Waals surface area (Å²) >= 11 is 1.48. The molecule has 3 heterocycles. The SMILES string of the molecule is CSc1ncc(C(=O)N2CCCC[C@@H]2CN2CCOCC2)cn1. The van der Waals surface area contributed by atoms with Crippen LogP contribution in [0.1, 0.15) is 29.6 Å². The second-order valence-corrected chi connectivity index (χ2v) is 6.79. The normalized spacial score (nSPS) is 23.0. The molecule has 2 aliphatic rings. The van der Waals surface area contributed by atoms with E-state index in [0.717, 1.165) is 52.2 Å². The molecule has 0 radical (unpaired) electrons. The molecule has 0 saturated carbocycles. The number of thioether (sulfide) groups is 1. The Morgan fingerprint density at radius 3 is 2.70 bits per heavy atom. The Hall–Kier alpha value is -1.18. The average Bonchev–Trinajstić information content (AvgIpc) is 2.62. The van der Waals surface area contributed by atoms with Crippen molar-refractivity contribution in [2.75, 3.05) is 45.6 Å². The van der Waals surface area contributed by atoms with E-state index in [1.807, 2.05) is 11.2 Å². The van der Waals surface area contributed by atoms with Gasteiger partial charge in [-0.25, -0.2) is 9.97 Å². The molecule has 1 aromatic rings. The lowest BCUT2D eigenvalue weighted by Crippen LogP contribution is -2.51. The Labute approximate surface area is 141 Å². The Morgan fingerprint density at radius 2 is 2.00 bits per heavy atom. The van der Waals surface area contributed by atoms with Crippen molar-refractivity contribution in [3.63, 3.8) is 0 Å². The van der Waals surface area contributed by atoms with Crippen LogP contribution in [-0.4, -0.2) is 77.4 Å². The Kier molecular flexibility index (Phi) is 5.85. The van der Waals surface area contributed by atoms with Crippen LogP contribution in [-0.2, 0) is 4.74 Å². The van der Waals surface area contributed by atoms with Gasteiger partial charge in [0.15, 0.2) is 5.16 Å². The van der Waals surface area contributed by atoms with Crippen LogP contribution in [0.3, 0.4) is 0 Å². The van der Waals surface area contributed by atoms with Crippen LogP contribution < -0.4 is 0 Å².